The van der Waals surface area contributed by atoms with Crippen LogP contribution in [0.4, 0.5) is 4.39 Å². The second-order valence-electron chi connectivity index (χ2n) is 5.80. The highest BCUT2D eigenvalue weighted by Crippen LogP contribution is 2.34. The Kier molecular flexibility index (Phi) is 5.22. The van der Waals surface area contributed by atoms with Gasteiger partial charge in [-0.15, -0.1) is 0 Å². The predicted molar refractivity (Wildman–Crippen MR) is 80.7 cm³/mol. The zero-order valence-corrected chi connectivity index (χ0v) is 13.0. The maximum Gasteiger partial charge on any atom is 0.227 e. The Morgan fingerprint density at radius 2 is 2.10 bits per heavy atom. The lowest BCUT2D eigenvalue weighted by Crippen LogP contribution is -2.45. The average molecular weight is 314 g/mol. The van der Waals surface area contributed by atoms with Crippen LogP contribution in [0.1, 0.15) is 31.7 Å². The van der Waals surface area contributed by atoms with Gasteiger partial charge in [-0.05, 0) is 42.4 Å². The van der Waals surface area contributed by atoms with Crippen LogP contribution in [-0.2, 0) is 11.2 Å². The molecular formula is C16H21ClFNO2. The SMILES string of the molecule is CCC1(CO)CCN(C(=O)Cc2ccc(F)cc2Cl)CC1. The Balaban J connectivity index is 1.96. The standard InChI is InChI=1S/C16H21ClFNO2/c1-2-16(11-20)5-7-19(8-6-16)15(21)9-12-3-4-13(18)10-14(12)17/h3-4,10,20H,2,5-9,11H2,1H3. The minimum atomic E-state index is -0.398. The molecule has 0 unspecified atom stereocenters. The lowest BCUT2D eigenvalue weighted by molar-refractivity contribution is -0.133. The van der Waals surface area contributed by atoms with Gasteiger partial charge in [0.25, 0.3) is 0 Å². The van der Waals surface area contributed by atoms with E-state index in [0.717, 1.165) is 19.3 Å². The van der Waals surface area contributed by atoms with Crippen molar-refractivity contribution in [3.05, 3.63) is 34.6 Å². The van der Waals surface area contributed by atoms with E-state index >= 15 is 0 Å². The lowest BCUT2D eigenvalue weighted by Gasteiger charge is -2.40. The molecule has 0 atom stereocenters. The molecule has 2 rings (SSSR count). The lowest BCUT2D eigenvalue weighted by atomic mass is 9.77. The van der Waals surface area contributed by atoms with E-state index in [4.69, 9.17) is 11.6 Å². The highest BCUT2D eigenvalue weighted by Gasteiger charge is 2.33. The number of rotatable bonds is 4. The molecule has 1 aliphatic rings. The molecule has 1 aliphatic heterocycles. The van der Waals surface area contributed by atoms with Crippen LogP contribution in [0, 0.1) is 11.2 Å². The number of benzene rings is 1. The molecular weight excluding hydrogens is 293 g/mol. The summed E-state index contributed by atoms with van der Waals surface area (Å²) in [6.45, 7) is 3.57. The molecule has 0 bridgehead atoms. The van der Waals surface area contributed by atoms with Crippen molar-refractivity contribution >= 4 is 17.5 Å². The molecule has 1 aromatic rings. The summed E-state index contributed by atoms with van der Waals surface area (Å²) in [6, 6.07) is 4.11. The summed E-state index contributed by atoms with van der Waals surface area (Å²) < 4.78 is 13.0. The Bertz CT molecular complexity index is 507. The molecule has 0 spiro atoms. The summed E-state index contributed by atoms with van der Waals surface area (Å²) in [5.74, 6) is -0.393. The number of aliphatic hydroxyl groups excluding tert-OH is 1. The molecule has 1 amide bonds. The smallest absolute Gasteiger partial charge is 0.227 e. The molecule has 3 nitrogen and oxygen atoms in total. The van der Waals surface area contributed by atoms with Crippen LogP contribution in [0.3, 0.4) is 0 Å². The number of halogens is 2. The van der Waals surface area contributed by atoms with Crippen LogP contribution in [0.5, 0.6) is 0 Å². The van der Waals surface area contributed by atoms with E-state index < -0.39 is 5.82 Å². The molecule has 0 aliphatic carbocycles. The first-order chi connectivity index (χ1) is 9.99. The van der Waals surface area contributed by atoms with Crippen molar-refractivity contribution in [2.45, 2.75) is 32.6 Å². The predicted octanol–water partition coefficient (Wildman–Crippen LogP) is 3.03. The van der Waals surface area contributed by atoms with Crippen molar-refractivity contribution in [1.82, 2.24) is 4.90 Å². The van der Waals surface area contributed by atoms with Crippen LogP contribution in [0.25, 0.3) is 0 Å². The van der Waals surface area contributed by atoms with Gasteiger partial charge in [-0.25, -0.2) is 4.39 Å². The van der Waals surface area contributed by atoms with Gasteiger partial charge in [0.1, 0.15) is 5.82 Å². The number of hydrogen-bond acceptors (Lipinski definition) is 2. The maximum absolute atomic E-state index is 13.0. The number of piperidine rings is 1. The highest BCUT2D eigenvalue weighted by atomic mass is 35.5. The van der Waals surface area contributed by atoms with Gasteiger partial charge < -0.3 is 10.0 Å². The molecule has 116 valence electrons. The van der Waals surface area contributed by atoms with Crippen molar-refractivity contribution < 1.29 is 14.3 Å². The molecule has 1 N–H and O–H groups in total. The maximum atomic E-state index is 13.0. The Morgan fingerprint density at radius 1 is 1.43 bits per heavy atom. The molecule has 0 radical (unpaired) electrons. The number of carbonyl (C=O) groups is 1. The Labute approximate surface area is 129 Å². The van der Waals surface area contributed by atoms with Crippen LogP contribution >= 0.6 is 11.6 Å². The van der Waals surface area contributed by atoms with Gasteiger partial charge in [0.05, 0.1) is 6.42 Å². The van der Waals surface area contributed by atoms with E-state index in [9.17, 15) is 14.3 Å². The number of aliphatic hydroxyl groups is 1. The third-order valence-corrected chi connectivity index (χ3v) is 4.97. The first-order valence-electron chi connectivity index (χ1n) is 7.32. The summed E-state index contributed by atoms with van der Waals surface area (Å²) in [4.78, 5) is 14.1. The zero-order valence-electron chi connectivity index (χ0n) is 12.2. The fourth-order valence-electron chi connectivity index (χ4n) is 2.79. The van der Waals surface area contributed by atoms with Gasteiger partial charge in [0.2, 0.25) is 5.91 Å². The van der Waals surface area contributed by atoms with Gasteiger partial charge in [-0.1, -0.05) is 24.6 Å². The quantitative estimate of drug-likeness (QED) is 0.928. The third kappa shape index (κ3) is 3.74. The minimum absolute atomic E-state index is 0.00570. The number of nitrogens with zero attached hydrogens (tertiary/aromatic N) is 1. The van der Waals surface area contributed by atoms with Crippen molar-refractivity contribution in [2.75, 3.05) is 19.7 Å². The summed E-state index contributed by atoms with van der Waals surface area (Å²) >= 11 is 5.96. The van der Waals surface area contributed by atoms with Gasteiger partial charge in [0.15, 0.2) is 0 Å². The molecule has 0 saturated carbocycles. The van der Waals surface area contributed by atoms with Crippen LogP contribution in [-0.4, -0.2) is 35.6 Å². The Morgan fingerprint density at radius 3 is 2.62 bits per heavy atom. The van der Waals surface area contributed by atoms with E-state index in [-0.39, 0.29) is 24.3 Å². The fourth-order valence-corrected chi connectivity index (χ4v) is 3.03. The number of hydrogen-bond donors (Lipinski definition) is 1. The van der Waals surface area contributed by atoms with E-state index in [1.165, 1.54) is 12.1 Å². The number of carbonyl (C=O) groups excluding carboxylic acids is 1. The molecule has 1 saturated heterocycles. The van der Waals surface area contributed by atoms with Crippen LogP contribution < -0.4 is 0 Å². The van der Waals surface area contributed by atoms with Gasteiger partial charge in [-0.2, -0.15) is 0 Å². The summed E-state index contributed by atoms with van der Waals surface area (Å²) in [7, 11) is 0. The molecule has 0 aromatic heterocycles. The van der Waals surface area contributed by atoms with E-state index in [0.29, 0.717) is 23.7 Å². The van der Waals surface area contributed by atoms with Crippen molar-refractivity contribution in [1.29, 1.82) is 0 Å². The first kappa shape index (κ1) is 16.2. The molecule has 1 aromatic carbocycles. The Hall–Kier alpha value is -1.13. The summed E-state index contributed by atoms with van der Waals surface area (Å²) in [5, 5.41) is 9.80. The van der Waals surface area contributed by atoms with Crippen LogP contribution in [0.15, 0.2) is 18.2 Å². The van der Waals surface area contributed by atoms with Crippen molar-refractivity contribution in [3.8, 4) is 0 Å². The first-order valence-corrected chi connectivity index (χ1v) is 7.70. The third-order valence-electron chi connectivity index (χ3n) is 4.62. The van der Waals surface area contributed by atoms with E-state index in [1.54, 1.807) is 6.07 Å². The van der Waals surface area contributed by atoms with E-state index in [1.807, 2.05) is 4.90 Å². The highest BCUT2D eigenvalue weighted by molar-refractivity contribution is 6.31. The molecule has 5 heteroatoms. The summed E-state index contributed by atoms with van der Waals surface area (Å²) in [5.41, 5.74) is 0.613. The number of amides is 1. The van der Waals surface area contributed by atoms with Gasteiger partial charge in [-0.3, -0.25) is 4.79 Å². The molecule has 1 heterocycles. The normalized spacial score (nSPS) is 17.8. The zero-order chi connectivity index (χ0) is 15.5. The summed E-state index contributed by atoms with van der Waals surface area (Å²) in [6.07, 6.45) is 2.76. The number of likely N-dealkylation sites (tertiary alicyclic amines) is 1. The topological polar surface area (TPSA) is 40.5 Å². The molecule has 1 fully saturated rings. The second kappa shape index (κ2) is 6.75. The largest absolute Gasteiger partial charge is 0.396 e. The average Bonchev–Trinajstić information content (AvgIpc) is 2.50. The molecule has 21 heavy (non-hydrogen) atoms. The van der Waals surface area contributed by atoms with Crippen LogP contribution in [0.2, 0.25) is 5.02 Å². The van der Waals surface area contributed by atoms with Crippen molar-refractivity contribution in [3.63, 3.8) is 0 Å². The minimum Gasteiger partial charge on any atom is -0.396 e. The second-order valence-corrected chi connectivity index (χ2v) is 6.21. The fraction of sp³-hybridized carbons (Fsp3) is 0.562. The van der Waals surface area contributed by atoms with Gasteiger partial charge >= 0.3 is 0 Å². The monoisotopic (exact) mass is 313 g/mol. The van der Waals surface area contributed by atoms with Crippen molar-refractivity contribution in [2.24, 2.45) is 5.41 Å². The van der Waals surface area contributed by atoms with E-state index in [2.05, 4.69) is 6.92 Å². The van der Waals surface area contributed by atoms with Gasteiger partial charge in [0, 0.05) is 24.7 Å².